The normalized spacial score (nSPS) is 17.3. The van der Waals surface area contributed by atoms with Crippen molar-refractivity contribution in [2.45, 2.75) is 25.5 Å². The number of aromatic nitrogens is 1. The first-order valence-electron chi connectivity index (χ1n) is 7.75. The lowest BCUT2D eigenvalue weighted by atomic mass is 10.2. The van der Waals surface area contributed by atoms with Crippen LogP contribution < -0.4 is 4.90 Å². The van der Waals surface area contributed by atoms with Gasteiger partial charge in [0.1, 0.15) is 6.61 Å². The third-order valence-corrected chi connectivity index (χ3v) is 4.36. The van der Waals surface area contributed by atoms with Gasteiger partial charge in [-0.2, -0.15) is 0 Å². The van der Waals surface area contributed by atoms with Gasteiger partial charge in [0.15, 0.2) is 0 Å². The molecule has 5 nitrogen and oxygen atoms in total. The predicted molar refractivity (Wildman–Crippen MR) is 89.5 cm³/mol. The highest BCUT2D eigenvalue weighted by Crippen LogP contribution is 2.18. The number of thiazole rings is 1. The number of nitrogens with zero attached hydrogens (tertiary/aromatic N) is 2. The van der Waals surface area contributed by atoms with Crippen LogP contribution in [0.2, 0.25) is 0 Å². The monoisotopic (exact) mass is 332 g/mol. The van der Waals surface area contributed by atoms with Crippen molar-refractivity contribution in [1.82, 2.24) is 4.98 Å². The van der Waals surface area contributed by atoms with E-state index in [9.17, 15) is 4.79 Å². The van der Waals surface area contributed by atoms with Gasteiger partial charge in [-0.25, -0.2) is 4.98 Å². The second-order valence-electron chi connectivity index (χ2n) is 5.45. The van der Waals surface area contributed by atoms with Gasteiger partial charge in [0.25, 0.3) is 5.91 Å². The van der Waals surface area contributed by atoms with Crippen LogP contribution in [-0.2, 0) is 20.8 Å². The average molecular weight is 332 g/mol. The Hall–Kier alpha value is -1.76. The maximum absolute atomic E-state index is 12.6. The molecule has 2 heterocycles. The Balaban J connectivity index is 1.61. The largest absolute Gasteiger partial charge is 0.376 e. The summed E-state index contributed by atoms with van der Waals surface area (Å²) in [5, 5.41) is 1.95. The zero-order chi connectivity index (χ0) is 15.9. The molecule has 0 aliphatic carbocycles. The van der Waals surface area contributed by atoms with Crippen molar-refractivity contribution in [3.63, 3.8) is 0 Å². The summed E-state index contributed by atoms with van der Waals surface area (Å²) < 4.78 is 11.1. The fourth-order valence-corrected chi connectivity index (χ4v) is 3.09. The first-order valence-corrected chi connectivity index (χ1v) is 8.69. The Bertz CT molecular complexity index is 598. The van der Waals surface area contributed by atoms with Crippen LogP contribution in [-0.4, -0.2) is 36.8 Å². The molecule has 1 saturated heterocycles. The van der Waals surface area contributed by atoms with Gasteiger partial charge in [-0.1, -0.05) is 18.2 Å². The van der Waals surface area contributed by atoms with Gasteiger partial charge >= 0.3 is 0 Å². The van der Waals surface area contributed by atoms with E-state index < -0.39 is 0 Å². The summed E-state index contributed by atoms with van der Waals surface area (Å²) in [5.41, 5.74) is 3.51. The molecule has 1 aliphatic rings. The fourth-order valence-electron chi connectivity index (χ4n) is 2.54. The average Bonchev–Trinajstić information content (AvgIpc) is 3.27. The Kier molecular flexibility index (Phi) is 5.74. The molecule has 2 aromatic rings. The van der Waals surface area contributed by atoms with E-state index in [-0.39, 0.29) is 18.6 Å². The molecule has 0 bridgehead atoms. The zero-order valence-corrected chi connectivity index (χ0v) is 13.7. The lowest BCUT2D eigenvalue weighted by molar-refractivity contribution is -0.124. The quantitative estimate of drug-likeness (QED) is 0.782. The topological polar surface area (TPSA) is 51.7 Å². The Morgan fingerprint density at radius 3 is 2.96 bits per heavy atom. The van der Waals surface area contributed by atoms with E-state index in [1.165, 1.54) is 11.3 Å². The number of amides is 1. The van der Waals surface area contributed by atoms with Gasteiger partial charge in [0.05, 0.1) is 30.5 Å². The molecule has 1 fully saturated rings. The van der Waals surface area contributed by atoms with Crippen LogP contribution in [0.1, 0.15) is 18.5 Å². The molecule has 1 unspecified atom stereocenters. The van der Waals surface area contributed by atoms with Gasteiger partial charge in [0, 0.05) is 17.7 Å². The van der Waals surface area contributed by atoms with Crippen LogP contribution in [0.5, 0.6) is 0 Å². The molecular formula is C17H20N2O3S. The number of anilines is 1. The number of ether oxygens (including phenoxy) is 2. The van der Waals surface area contributed by atoms with E-state index in [1.54, 1.807) is 10.4 Å². The highest BCUT2D eigenvalue weighted by Gasteiger charge is 2.19. The van der Waals surface area contributed by atoms with E-state index in [1.807, 2.05) is 35.7 Å². The smallest absolute Gasteiger partial charge is 0.253 e. The number of rotatable bonds is 7. The van der Waals surface area contributed by atoms with Crippen LogP contribution in [0.25, 0.3) is 0 Å². The molecule has 1 amide bonds. The number of para-hydroxylation sites is 1. The molecule has 1 atom stereocenters. The lowest BCUT2D eigenvalue weighted by Gasteiger charge is -2.22. The van der Waals surface area contributed by atoms with Crippen molar-refractivity contribution >= 4 is 22.9 Å². The maximum Gasteiger partial charge on any atom is 0.253 e. The summed E-state index contributed by atoms with van der Waals surface area (Å²) >= 11 is 1.53. The third-order valence-electron chi connectivity index (χ3n) is 3.73. The number of carbonyl (C=O) groups excluding carboxylic acids is 1. The minimum Gasteiger partial charge on any atom is -0.376 e. The second kappa shape index (κ2) is 8.19. The van der Waals surface area contributed by atoms with Gasteiger partial charge in [-0.15, -0.1) is 11.3 Å². The van der Waals surface area contributed by atoms with Gasteiger partial charge in [-0.05, 0) is 25.0 Å². The van der Waals surface area contributed by atoms with Crippen LogP contribution in [0.4, 0.5) is 5.69 Å². The van der Waals surface area contributed by atoms with Crippen molar-refractivity contribution in [3.8, 4) is 0 Å². The Labute approximate surface area is 139 Å². The van der Waals surface area contributed by atoms with E-state index in [0.29, 0.717) is 13.2 Å². The third kappa shape index (κ3) is 4.60. The summed E-state index contributed by atoms with van der Waals surface area (Å²) in [6.45, 7) is 1.78. The van der Waals surface area contributed by atoms with Crippen molar-refractivity contribution in [2.24, 2.45) is 0 Å². The van der Waals surface area contributed by atoms with Crippen LogP contribution >= 0.6 is 11.3 Å². The van der Waals surface area contributed by atoms with Crippen LogP contribution in [0.15, 0.2) is 41.2 Å². The Morgan fingerprint density at radius 2 is 2.26 bits per heavy atom. The first kappa shape index (κ1) is 16.1. The zero-order valence-electron chi connectivity index (χ0n) is 12.9. The number of hydrogen-bond acceptors (Lipinski definition) is 5. The van der Waals surface area contributed by atoms with Crippen LogP contribution in [0.3, 0.4) is 0 Å². The van der Waals surface area contributed by atoms with E-state index in [2.05, 4.69) is 4.98 Å². The predicted octanol–water partition coefficient (Wildman–Crippen LogP) is 2.87. The van der Waals surface area contributed by atoms with Crippen molar-refractivity contribution in [2.75, 3.05) is 24.7 Å². The minimum atomic E-state index is -0.0674. The molecular weight excluding hydrogens is 312 g/mol. The second-order valence-corrected chi connectivity index (χ2v) is 6.16. The molecule has 0 N–H and O–H groups in total. The van der Waals surface area contributed by atoms with Crippen molar-refractivity contribution in [3.05, 3.63) is 46.9 Å². The summed E-state index contributed by atoms with van der Waals surface area (Å²) in [5.74, 6) is -0.0674. The minimum absolute atomic E-state index is 0.0545. The summed E-state index contributed by atoms with van der Waals surface area (Å²) in [6.07, 6.45) is 2.21. The molecule has 1 aromatic carbocycles. The summed E-state index contributed by atoms with van der Waals surface area (Å²) in [4.78, 5) is 18.6. The lowest BCUT2D eigenvalue weighted by Crippen LogP contribution is -2.34. The number of hydrogen-bond donors (Lipinski definition) is 0. The maximum atomic E-state index is 12.6. The summed E-state index contributed by atoms with van der Waals surface area (Å²) in [7, 11) is 0. The molecule has 0 radical (unpaired) electrons. The Morgan fingerprint density at radius 1 is 1.39 bits per heavy atom. The highest BCUT2D eigenvalue weighted by atomic mass is 32.1. The van der Waals surface area contributed by atoms with Crippen molar-refractivity contribution in [1.29, 1.82) is 0 Å². The number of benzene rings is 1. The van der Waals surface area contributed by atoms with Gasteiger partial charge in [0.2, 0.25) is 0 Å². The molecule has 122 valence electrons. The van der Waals surface area contributed by atoms with Gasteiger partial charge < -0.3 is 14.4 Å². The van der Waals surface area contributed by atoms with E-state index >= 15 is 0 Å². The first-order chi connectivity index (χ1) is 11.3. The SMILES string of the molecule is O=C(COCC1CCCO1)N(Cc1cscn1)c1ccccc1. The van der Waals surface area contributed by atoms with E-state index in [4.69, 9.17) is 9.47 Å². The molecule has 0 saturated carbocycles. The van der Waals surface area contributed by atoms with Crippen LogP contribution in [0, 0.1) is 0 Å². The fraction of sp³-hybridized carbons (Fsp3) is 0.412. The van der Waals surface area contributed by atoms with Gasteiger partial charge in [-0.3, -0.25) is 4.79 Å². The molecule has 1 aromatic heterocycles. The molecule has 1 aliphatic heterocycles. The highest BCUT2D eigenvalue weighted by molar-refractivity contribution is 7.07. The molecule has 0 spiro atoms. The standard InChI is InChI=1S/C17H20N2O3S/c20-17(11-21-10-16-7-4-8-22-16)19(9-14-12-23-13-18-14)15-5-2-1-3-6-15/h1-3,5-6,12-13,16H,4,7-11H2. The summed E-state index contributed by atoms with van der Waals surface area (Å²) in [6, 6.07) is 9.62. The molecule has 3 rings (SSSR count). The number of carbonyl (C=O) groups is 1. The molecule has 23 heavy (non-hydrogen) atoms. The van der Waals surface area contributed by atoms with Crippen molar-refractivity contribution < 1.29 is 14.3 Å². The van der Waals surface area contributed by atoms with E-state index in [0.717, 1.165) is 30.8 Å². The molecule has 6 heteroatoms.